The van der Waals surface area contributed by atoms with E-state index in [9.17, 15) is 5.11 Å². The fraction of sp³-hybridized carbons (Fsp3) is 0.143. The zero-order valence-corrected chi connectivity index (χ0v) is 11.7. The lowest BCUT2D eigenvalue weighted by atomic mass is 10.2. The van der Waals surface area contributed by atoms with Crippen molar-refractivity contribution in [3.8, 4) is 11.5 Å². The maximum absolute atomic E-state index is 9.81. The summed E-state index contributed by atoms with van der Waals surface area (Å²) >= 11 is 3.43. The Morgan fingerprint density at radius 3 is 2.89 bits per heavy atom. The van der Waals surface area contributed by atoms with Gasteiger partial charge in [0.15, 0.2) is 0 Å². The summed E-state index contributed by atoms with van der Waals surface area (Å²) in [5.41, 5.74) is 4.85. The molecule has 5 heteroatoms. The van der Waals surface area contributed by atoms with Crippen molar-refractivity contribution in [2.45, 2.75) is 0 Å². The summed E-state index contributed by atoms with van der Waals surface area (Å²) in [4.78, 5) is 0. The molecule has 0 unspecified atom stereocenters. The van der Waals surface area contributed by atoms with E-state index in [0.717, 1.165) is 15.9 Å². The van der Waals surface area contributed by atoms with Gasteiger partial charge in [-0.1, -0.05) is 28.1 Å². The van der Waals surface area contributed by atoms with Crippen molar-refractivity contribution in [1.82, 2.24) is 0 Å². The van der Waals surface area contributed by atoms with Gasteiger partial charge in [0.1, 0.15) is 18.1 Å². The fourth-order valence-corrected chi connectivity index (χ4v) is 2.36. The number of ether oxygens (including phenoxy) is 1. The molecule has 2 aromatic carbocycles. The maximum Gasteiger partial charge on any atom is 0.145 e. The molecule has 0 fully saturated rings. The highest BCUT2D eigenvalue weighted by atomic mass is 79.9. The van der Waals surface area contributed by atoms with E-state index < -0.39 is 0 Å². The number of hydrogen-bond acceptors (Lipinski definition) is 4. The molecule has 0 radical (unpaired) electrons. The quantitative estimate of drug-likeness (QED) is 0.833. The highest BCUT2D eigenvalue weighted by molar-refractivity contribution is 9.10. The van der Waals surface area contributed by atoms with Crippen LogP contribution in [0.1, 0.15) is 0 Å². The van der Waals surface area contributed by atoms with E-state index in [4.69, 9.17) is 4.74 Å². The van der Waals surface area contributed by atoms with Gasteiger partial charge >= 0.3 is 0 Å². The molecule has 2 aromatic rings. The normalized spacial score (nSPS) is 13.6. The Morgan fingerprint density at radius 2 is 2.05 bits per heavy atom. The molecular formula is C14H13BrN2O2. The summed E-state index contributed by atoms with van der Waals surface area (Å²) in [6.07, 6.45) is 0. The first kappa shape index (κ1) is 12.2. The molecule has 98 valence electrons. The summed E-state index contributed by atoms with van der Waals surface area (Å²) in [7, 11) is 0. The molecule has 1 heterocycles. The molecule has 3 rings (SSSR count). The summed E-state index contributed by atoms with van der Waals surface area (Å²) in [5.74, 6) is 1.05. The molecular weight excluding hydrogens is 308 g/mol. The minimum absolute atomic E-state index is 0.229. The van der Waals surface area contributed by atoms with E-state index >= 15 is 0 Å². The second-order valence-corrected chi connectivity index (χ2v) is 5.16. The van der Waals surface area contributed by atoms with Gasteiger partial charge in [-0.15, -0.1) is 0 Å². The zero-order chi connectivity index (χ0) is 13.2. The molecule has 0 spiro atoms. The Balaban J connectivity index is 1.90. The Labute approximate surface area is 119 Å². The van der Waals surface area contributed by atoms with Gasteiger partial charge in [0.05, 0.1) is 17.9 Å². The van der Waals surface area contributed by atoms with E-state index in [1.165, 1.54) is 0 Å². The second kappa shape index (κ2) is 5.01. The number of halogens is 1. The summed E-state index contributed by atoms with van der Waals surface area (Å²) < 4.78 is 6.61. The molecule has 1 aliphatic heterocycles. The van der Waals surface area contributed by atoms with E-state index in [1.54, 1.807) is 12.1 Å². The van der Waals surface area contributed by atoms with Crippen molar-refractivity contribution < 1.29 is 9.84 Å². The third kappa shape index (κ3) is 2.46. The predicted molar refractivity (Wildman–Crippen MR) is 78.7 cm³/mol. The van der Waals surface area contributed by atoms with Gasteiger partial charge in [-0.3, -0.25) is 10.4 Å². The van der Waals surface area contributed by atoms with Crippen LogP contribution < -0.4 is 15.2 Å². The lowest BCUT2D eigenvalue weighted by molar-refractivity contribution is 0.310. The van der Waals surface area contributed by atoms with E-state index in [-0.39, 0.29) is 5.75 Å². The smallest absolute Gasteiger partial charge is 0.145 e. The van der Waals surface area contributed by atoms with Crippen molar-refractivity contribution in [3.05, 3.63) is 46.9 Å². The molecule has 0 saturated carbocycles. The van der Waals surface area contributed by atoms with Gasteiger partial charge in [-0.25, -0.2) is 0 Å². The first-order valence-electron chi connectivity index (χ1n) is 5.98. The second-order valence-electron chi connectivity index (χ2n) is 4.24. The van der Waals surface area contributed by atoms with Gasteiger partial charge in [-0.2, -0.15) is 0 Å². The number of hydrogen-bond donors (Lipinski definition) is 2. The van der Waals surface area contributed by atoms with Crippen LogP contribution in [0.25, 0.3) is 0 Å². The number of para-hydroxylation sites is 2. The number of phenolic OH excluding ortho intramolecular Hbond substituents is 1. The van der Waals surface area contributed by atoms with E-state index in [2.05, 4.69) is 21.4 Å². The maximum atomic E-state index is 9.81. The largest absolute Gasteiger partial charge is 0.506 e. The number of hydrazine groups is 1. The van der Waals surface area contributed by atoms with Crippen LogP contribution in [-0.2, 0) is 0 Å². The Hall–Kier alpha value is -1.88. The SMILES string of the molecule is Oc1ccccc1NN1CCOc2cc(Br)ccc21. The molecule has 4 nitrogen and oxygen atoms in total. The van der Waals surface area contributed by atoms with Crippen LogP contribution in [-0.4, -0.2) is 18.3 Å². The topological polar surface area (TPSA) is 44.7 Å². The van der Waals surface area contributed by atoms with Crippen molar-refractivity contribution in [1.29, 1.82) is 0 Å². The van der Waals surface area contributed by atoms with Crippen molar-refractivity contribution in [3.63, 3.8) is 0 Å². The molecule has 2 N–H and O–H groups in total. The van der Waals surface area contributed by atoms with Crippen LogP contribution in [0.5, 0.6) is 11.5 Å². The van der Waals surface area contributed by atoms with Gasteiger partial charge in [0, 0.05) is 4.47 Å². The average molecular weight is 321 g/mol. The van der Waals surface area contributed by atoms with Gasteiger partial charge < -0.3 is 9.84 Å². The van der Waals surface area contributed by atoms with E-state index in [1.807, 2.05) is 35.3 Å². The molecule has 1 aliphatic rings. The third-order valence-electron chi connectivity index (χ3n) is 2.94. The zero-order valence-electron chi connectivity index (χ0n) is 10.1. The number of phenols is 1. The number of rotatable bonds is 2. The molecule has 0 bridgehead atoms. The van der Waals surface area contributed by atoms with Crippen LogP contribution >= 0.6 is 15.9 Å². The molecule has 0 amide bonds. The standard InChI is InChI=1S/C14H13BrN2O2/c15-10-5-6-12-14(9-10)19-8-7-17(12)16-11-3-1-2-4-13(11)18/h1-6,9,16,18H,7-8H2. The van der Waals surface area contributed by atoms with Crippen LogP contribution in [0.4, 0.5) is 11.4 Å². The molecule has 0 atom stereocenters. The molecule has 0 aromatic heterocycles. The summed E-state index contributed by atoms with van der Waals surface area (Å²) in [6.45, 7) is 1.31. The number of anilines is 2. The number of nitrogens with zero attached hydrogens (tertiary/aromatic N) is 1. The number of aromatic hydroxyl groups is 1. The Bertz CT molecular complexity index is 604. The van der Waals surface area contributed by atoms with Crippen LogP contribution in [0, 0.1) is 0 Å². The minimum atomic E-state index is 0.229. The predicted octanol–water partition coefficient (Wildman–Crippen LogP) is 3.38. The Kier molecular flexibility index (Phi) is 3.21. The molecule has 19 heavy (non-hydrogen) atoms. The molecule has 0 saturated heterocycles. The summed E-state index contributed by atoms with van der Waals surface area (Å²) in [6, 6.07) is 13.1. The van der Waals surface area contributed by atoms with Crippen molar-refractivity contribution >= 4 is 27.3 Å². The third-order valence-corrected chi connectivity index (χ3v) is 3.44. The molecule has 0 aliphatic carbocycles. The number of nitrogens with one attached hydrogen (secondary N) is 1. The van der Waals surface area contributed by atoms with Crippen LogP contribution in [0.3, 0.4) is 0 Å². The lowest BCUT2D eigenvalue weighted by Gasteiger charge is -2.32. The van der Waals surface area contributed by atoms with Gasteiger partial charge in [0.2, 0.25) is 0 Å². The average Bonchev–Trinajstić information content (AvgIpc) is 2.41. The van der Waals surface area contributed by atoms with Gasteiger partial charge in [0.25, 0.3) is 0 Å². The number of benzene rings is 2. The highest BCUT2D eigenvalue weighted by Gasteiger charge is 2.18. The monoisotopic (exact) mass is 320 g/mol. The Morgan fingerprint density at radius 1 is 1.21 bits per heavy atom. The first-order chi connectivity index (χ1) is 9.24. The van der Waals surface area contributed by atoms with Crippen LogP contribution in [0.15, 0.2) is 46.9 Å². The fourth-order valence-electron chi connectivity index (χ4n) is 2.02. The van der Waals surface area contributed by atoms with Crippen LogP contribution in [0.2, 0.25) is 0 Å². The minimum Gasteiger partial charge on any atom is -0.506 e. The van der Waals surface area contributed by atoms with Crippen molar-refractivity contribution in [2.24, 2.45) is 0 Å². The lowest BCUT2D eigenvalue weighted by Crippen LogP contribution is -2.37. The number of fused-ring (bicyclic) bond motifs is 1. The highest BCUT2D eigenvalue weighted by Crippen LogP contribution is 2.35. The van der Waals surface area contributed by atoms with Gasteiger partial charge in [-0.05, 0) is 30.3 Å². The summed E-state index contributed by atoms with van der Waals surface area (Å²) in [5, 5.41) is 11.8. The first-order valence-corrected chi connectivity index (χ1v) is 6.78. The van der Waals surface area contributed by atoms with Crippen molar-refractivity contribution in [2.75, 3.05) is 23.6 Å². The van der Waals surface area contributed by atoms with E-state index in [0.29, 0.717) is 18.8 Å².